The maximum Gasteiger partial charge on any atom is 0.261 e. The van der Waals surface area contributed by atoms with Crippen molar-refractivity contribution < 1.29 is 26.0 Å². The first-order chi connectivity index (χ1) is 14.5. The first kappa shape index (κ1) is 23.0. The van der Waals surface area contributed by atoms with Crippen LogP contribution in [0.5, 0.6) is 0 Å². The third-order valence-corrected chi connectivity index (χ3v) is 8.12. The van der Waals surface area contributed by atoms with E-state index >= 15 is 0 Å². The number of nitrogens with zero attached hydrogens (tertiary/aromatic N) is 1. The van der Waals surface area contributed by atoms with Crippen LogP contribution in [0.25, 0.3) is 0 Å². The van der Waals surface area contributed by atoms with E-state index in [4.69, 9.17) is 0 Å². The van der Waals surface area contributed by atoms with Crippen molar-refractivity contribution in [2.45, 2.75) is 38.0 Å². The number of amides is 1. The molecular formula is C20H24FN3O5S2. The molecule has 0 aliphatic carbocycles. The first-order valence-corrected chi connectivity index (χ1v) is 12.9. The molecular weight excluding hydrogens is 445 g/mol. The van der Waals surface area contributed by atoms with Crippen molar-refractivity contribution in [1.29, 1.82) is 0 Å². The number of anilines is 3. The lowest BCUT2D eigenvalue weighted by Crippen LogP contribution is -2.37. The molecule has 2 aromatic rings. The van der Waals surface area contributed by atoms with Crippen LogP contribution in [-0.4, -0.2) is 35.0 Å². The lowest BCUT2D eigenvalue weighted by Gasteiger charge is -2.30. The minimum Gasteiger partial charge on any atom is -0.324 e. The van der Waals surface area contributed by atoms with E-state index < -0.39 is 31.8 Å². The average Bonchev–Trinajstić information content (AvgIpc) is 2.68. The van der Waals surface area contributed by atoms with Crippen molar-refractivity contribution in [2.75, 3.05) is 26.6 Å². The largest absolute Gasteiger partial charge is 0.324 e. The van der Waals surface area contributed by atoms with Gasteiger partial charge in [0.25, 0.3) is 10.0 Å². The average molecular weight is 470 g/mol. The molecule has 168 valence electrons. The minimum atomic E-state index is -4.09. The summed E-state index contributed by atoms with van der Waals surface area (Å²) in [7, 11) is -7.52. The second-order valence-electron chi connectivity index (χ2n) is 7.26. The van der Waals surface area contributed by atoms with Crippen molar-refractivity contribution in [3.05, 3.63) is 47.8 Å². The Morgan fingerprint density at radius 3 is 2.52 bits per heavy atom. The van der Waals surface area contributed by atoms with Gasteiger partial charge in [0.1, 0.15) is 5.82 Å². The van der Waals surface area contributed by atoms with E-state index in [1.165, 1.54) is 29.4 Å². The van der Waals surface area contributed by atoms with Crippen LogP contribution in [0.1, 0.15) is 32.3 Å². The van der Waals surface area contributed by atoms with Crippen molar-refractivity contribution in [1.82, 2.24) is 0 Å². The quantitative estimate of drug-likeness (QED) is 0.647. The number of nitrogens with one attached hydrogen (secondary N) is 2. The standard InChI is InChI=1S/C20H24FN3O5S2/c1-3-11-30(26,27)24-10-4-5-15-12-16(6-9-20(15)24)23-31(28,29)17-7-8-19(18(21)13-17)22-14(2)25/h6-9,12-13,23H,3-5,10-11H2,1-2H3,(H,22,25). The van der Waals surface area contributed by atoms with Crippen molar-refractivity contribution in [2.24, 2.45) is 0 Å². The highest BCUT2D eigenvalue weighted by molar-refractivity contribution is 7.93. The second kappa shape index (κ2) is 8.83. The number of benzene rings is 2. The maximum atomic E-state index is 14.2. The Kier molecular flexibility index (Phi) is 6.56. The molecule has 11 heteroatoms. The fourth-order valence-electron chi connectivity index (χ4n) is 3.45. The minimum absolute atomic E-state index is 0.0425. The van der Waals surface area contributed by atoms with E-state index in [2.05, 4.69) is 10.0 Å². The Morgan fingerprint density at radius 2 is 1.87 bits per heavy atom. The van der Waals surface area contributed by atoms with Crippen LogP contribution in [0.4, 0.5) is 21.5 Å². The van der Waals surface area contributed by atoms with Crippen LogP contribution in [0, 0.1) is 5.82 Å². The summed E-state index contributed by atoms with van der Waals surface area (Å²) in [5.41, 5.74) is 1.40. The fourth-order valence-corrected chi connectivity index (χ4v) is 6.13. The summed E-state index contributed by atoms with van der Waals surface area (Å²) in [5.74, 6) is -1.31. The SMILES string of the molecule is CCCS(=O)(=O)N1CCCc2cc(NS(=O)(=O)c3ccc(NC(C)=O)c(F)c3)ccc21. The Labute approximate surface area is 181 Å². The Hall–Kier alpha value is -2.66. The highest BCUT2D eigenvalue weighted by Gasteiger charge is 2.27. The van der Waals surface area contributed by atoms with Gasteiger partial charge in [0.05, 0.1) is 22.0 Å². The van der Waals surface area contributed by atoms with E-state index in [0.717, 1.165) is 11.6 Å². The maximum absolute atomic E-state index is 14.2. The summed E-state index contributed by atoms with van der Waals surface area (Å²) in [6.07, 6.45) is 1.74. The molecule has 1 amide bonds. The summed E-state index contributed by atoms with van der Waals surface area (Å²) in [4.78, 5) is 10.8. The molecule has 2 N–H and O–H groups in total. The zero-order chi connectivity index (χ0) is 22.8. The van der Waals surface area contributed by atoms with Gasteiger partial charge in [-0.2, -0.15) is 0 Å². The van der Waals surface area contributed by atoms with Gasteiger partial charge >= 0.3 is 0 Å². The van der Waals surface area contributed by atoms with Gasteiger partial charge in [-0.15, -0.1) is 0 Å². The van der Waals surface area contributed by atoms with E-state index in [9.17, 15) is 26.0 Å². The van der Waals surface area contributed by atoms with Crippen molar-refractivity contribution >= 4 is 43.0 Å². The number of halogens is 1. The molecule has 0 aromatic heterocycles. The molecule has 8 nitrogen and oxygen atoms in total. The molecule has 1 heterocycles. The molecule has 0 spiro atoms. The summed E-state index contributed by atoms with van der Waals surface area (Å²) >= 11 is 0. The number of hydrogen-bond donors (Lipinski definition) is 2. The van der Waals surface area contributed by atoms with Crippen LogP contribution in [0.15, 0.2) is 41.3 Å². The molecule has 1 aliphatic heterocycles. The summed E-state index contributed by atoms with van der Waals surface area (Å²) in [6, 6.07) is 7.86. The van der Waals surface area contributed by atoms with E-state index in [0.29, 0.717) is 31.5 Å². The number of aryl methyl sites for hydroxylation is 1. The Balaban J connectivity index is 1.87. The van der Waals surface area contributed by atoms with Gasteiger partial charge in [-0.3, -0.25) is 13.8 Å². The number of hydrogen-bond acceptors (Lipinski definition) is 5. The van der Waals surface area contributed by atoms with Crippen molar-refractivity contribution in [3.8, 4) is 0 Å². The Bertz CT molecular complexity index is 1210. The molecule has 0 saturated carbocycles. The molecule has 0 atom stereocenters. The molecule has 3 rings (SSSR count). The zero-order valence-corrected chi connectivity index (χ0v) is 18.8. The molecule has 31 heavy (non-hydrogen) atoms. The number of carbonyl (C=O) groups is 1. The highest BCUT2D eigenvalue weighted by atomic mass is 32.2. The lowest BCUT2D eigenvalue weighted by atomic mass is 10.0. The summed E-state index contributed by atoms with van der Waals surface area (Å²) in [6.45, 7) is 3.41. The fraction of sp³-hybridized carbons (Fsp3) is 0.350. The van der Waals surface area contributed by atoms with Crippen LogP contribution in [0.2, 0.25) is 0 Å². The third-order valence-electron chi connectivity index (χ3n) is 4.77. The zero-order valence-electron chi connectivity index (χ0n) is 17.2. The van der Waals surface area contributed by atoms with Crippen LogP contribution in [-0.2, 0) is 31.3 Å². The molecule has 2 aromatic carbocycles. The smallest absolute Gasteiger partial charge is 0.261 e. The number of rotatable bonds is 7. The van der Waals surface area contributed by atoms with Gasteiger partial charge < -0.3 is 5.32 Å². The molecule has 0 bridgehead atoms. The number of carbonyl (C=O) groups excluding carboxylic acids is 1. The molecule has 0 fully saturated rings. The first-order valence-electron chi connectivity index (χ1n) is 9.77. The topological polar surface area (TPSA) is 113 Å². The van der Waals surface area contributed by atoms with Gasteiger partial charge in [0.2, 0.25) is 15.9 Å². The normalized spacial score (nSPS) is 14.1. The molecule has 0 saturated heterocycles. The number of fused-ring (bicyclic) bond motifs is 1. The van der Waals surface area contributed by atoms with Crippen LogP contribution < -0.4 is 14.3 Å². The van der Waals surface area contributed by atoms with Crippen LogP contribution >= 0.6 is 0 Å². The van der Waals surface area contributed by atoms with Gasteiger partial charge in [0, 0.05) is 19.2 Å². The lowest BCUT2D eigenvalue weighted by molar-refractivity contribution is -0.114. The third kappa shape index (κ3) is 5.16. The van der Waals surface area contributed by atoms with Gasteiger partial charge in [-0.25, -0.2) is 21.2 Å². The molecule has 0 unspecified atom stereocenters. The highest BCUT2D eigenvalue weighted by Crippen LogP contribution is 2.32. The van der Waals surface area contributed by atoms with Gasteiger partial charge in [-0.1, -0.05) is 6.92 Å². The van der Waals surface area contributed by atoms with Gasteiger partial charge in [0.15, 0.2) is 0 Å². The van der Waals surface area contributed by atoms with Crippen LogP contribution in [0.3, 0.4) is 0 Å². The summed E-state index contributed by atoms with van der Waals surface area (Å²) < 4.78 is 68.4. The number of sulfonamides is 2. The van der Waals surface area contributed by atoms with E-state index in [1.807, 2.05) is 0 Å². The predicted molar refractivity (Wildman–Crippen MR) is 118 cm³/mol. The predicted octanol–water partition coefficient (Wildman–Crippen LogP) is 3.08. The monoisotopic (exact) mass is 469 g/mol. The Morgan fingerprint density at radius 1 is 1.13 bits per heavy atom. The van der Waals surface area contributed by atoms with Crippen molar-refractivity contribution in [3.63, 3.8) is 0 Å². The summed E-state index contributed by atoms with van der Waals surface area (Å²) in [5, 5.41) is 2.28. The second-order valence-corrected chi connectivity index (χ2v) is 11.0. The molecule has 1 aliphatic rings. The molecule has 0 radical (unpaired) electrons. The van der Waals surface area contributed by atoms with Gasteiger partial charge in [-0.05, 0) is 61.2 Å². The van der Waals surface area contributed by atoms with E-state index in [1.54, 1.807) is 19.1 Å². The van der Waals surface area contributed by atoms with E-state index in [-0.39, 0.29) is 22.0 Å².